The van der Waals surface area contributed by atoms with E-state index in [0.717, 1.165) is 30.6 Å². The Kier molecular flexibility index (Phi) is 7.54. The third-order valence-electron chi connectivity index (χ3n) is 5.03. The minimum Gasteiger partial charge on any atom is -0.333 e. The predicted octanol–water partition coefficient (Wildman–Crippen LogP) is 2.25. The summed E-state index contributed by atoms with van der Waals surface area (Å²) in [6.45, 7) is 3.85. The number of aryl methyl sites for hydroxylation is 1. The first-order valence-electron chi connectivity index (χ1n) is 9.80. The van der Waals surface area contributed by atoms with Crippen LogP contribution in [-0.2, 0) is 20.1 Å². The Hall–Kier alpha value is -1.64. The molecule has 9 heteroatoms. The molecule has 0 saturated carbocycles. The molecule has 0 spiro atoms. The number of benzene rings is 1. The molecule has 1 aromatic carbocycles. The molecular formula is C20H28Cl2N6O. The van der Waals surface area contributed by atoms with Crippen molar-refractivity contribution >= 4 is 29.1 Å². The SMILES string of the molecule is Cn1cc(CN2CCC(N)C2)c(C(=O)N(CCCN)Cc2cc(Cl)cc(Cl)c2)n1. The molecule has 1 saturated heterocycles. The van der Waals surface area contributed by atoms with E-state index in [0.29, 0.717) is 48.3 Å². The summed E-state index contributed by atoms with van der Waals surface area (Å²) in [7, 11) is 1.83. The fourth-order valence-corrected chi connectivity index (χ4v) is 4.26. The molecule has 0 radical (unpaired) electrons. The van der Waals surface area contributed by atoms with Gasteiger partial charge in [-0.05, 0) is 43.1 Å². The van der Waals surface area contributed by atoms with Crippen LogP contribution in [0.15, 0.2) is 24.4 Å². The van der Waals surface area contributed by atoms with Gasteiger partial charge < -0.3 is 16.4 Å². The van der Waals surface area contributed by atoms with Gasteiger partial charge in [0.1, 0.15) is 0 Å². The van der Waals surface area contributed by atoms with Crippen molar-refractivity contribution < 1.29 is 4.79 Å². The van der Waals surface area contributed by atoms with Crippen LogP contribution < -0.4 is 11.5 Å². The molecule has 0 bridgehead atoms. The van der Waals surface area contributed by atoms with Crippen LogP contribution in [0, 0.1) is 0 Å². The van der Waals surface area contributed by atoms with E-state index in [2.05, 4.69) is 10.00 Å². The Morgan fingerprint density at radius 3 is 2.66 bits per heavy atom. The summed E-state index contributed by atoms with van der Waals surface area (Å²) in [6.07, 6.45) is 3.58. The number of carbonyl (C=O) groups is 1. The van der Waals surface area contributed by atoms with Crippen molar-refractivity contribution in [1.82, 2.24) is 19.6 Å². The van der Waals surface area contributed by atoms with E-state index in [1.165, 1.54) is 0 Å². The second-order valence-electron chi connectivity index (χ2n) is 7.61. The third kappa shape index (κ3) is 5.93. The van der Waals surface area contributed by atoms with Crippen molar-refractivity contribution in [3.63, 3.8) is 0 Å². The number of halogens is 2. The van der Waals surface area contributed by atoms with E-state index in [1.807, 2.05) is 25.4 Å². The molecule has 2 heterocycles. The highest BCUT2D eigenvalue weighted by molar-refractivity contribution is 6.34. The summed E-state index contributed by atoms with van der Waals surface area (Å²) in [4.78, 5) is 17.4. The lowest BCUT2D eigenvalue weighted by Gasteiger charge is -2.23. The van der Waals surface area contributed by atoms with E-state index >= 15 is 0 Å². The zero-order valence-electron chi connectivity index (χ0n) is 16.7. The summed E-state index contributed by atoms with van der Waals surface area (Å²) < 4.78 is 1.69. The van der Waals surface area contributed by atoms with Crippen molar-refractivity contribution in [2.24, 2.45) is 18.5 Å². The van der Waals surface area contributed by atoms with Crippen LogP contribution >= 0.6 is 23.2 Å². The monoisotopic (exact) mass is 438 g/mol. The van der Waals surface area contributed by atoms with E-state index in [1.54, 1.807) is 15.6 Å². The number of nitrogens with zero attached hydrogens (tertiary/aromatic N) is 4. The maximum atomic E-state index is 13.4. The lowest BCUT2D eigenvalue weighted by atomic mass is 10.1. The molecule has 1 aliphatic heterocycles. The molecule has 3 rings (SSSR count). The second-order valence-corrected chi connectivity index (χ2v) is 8.48. The van der Waals surface area contributed by atoms with Gasteiger partial charge in [0, 0.05) is 67.6 Å². The number of aromatic nitrogens is 2. The molecule has 4 N–H and O–H groups in total. The number of hydrogen-bond acceptors (Lipinski definition) is 5. The lowest BCUT2D eigenvalue weighted by Crippen LogP contribution is -2.34. The molecule has 1 unspecified atom stereocenters. The van der Waals surface area contributed by atoms with E-state index in [-0.39, 0.29) is 11.9 Å². The van der Waals surface area contributed by atoms with Gasteiger partial charge in [-0.3, -0.25) is 14.4 Å². The van der Waals surface area contributed by atoms with Crippen molar-refractivity contribution in [2.75, 3.05) is 26.2 Å². The zero-order valence-corrected chi connectivity index (χ0v) is 18.2. The number of rotatable bonds is 8. The van der Waals surface area contributed by atoms with Gasteiger partial charge in [0.25, 0.3) is 5.91 Å². The molecule has 1 atom stereocenters. The highest BCUT2D eigenvalue weighted by Gasteiger charge is 2.26. The highest BCUT2D eigenvalue weighted by atomic mass is 35.5. The standard InChI is InChI=1S/C20H28Cl2N6O/c1-26-11-15(12-27-6-3-18(24)13-27)19(25-26)20(29)28(5-2-4-23)10-14-7-16(21)9-17(22)8-14/h7-9,11,18H,2-6,10,12-13,23-24H2,1H3. The Bertz CT molecular complexity index is 835. The Balaban J connectivity index is 1.81. The first-order valence-corrected chi connectivity index (χ1v) is 10.6. The van der Waals surface area contributed by atoms with E-state index in [9.17, 15) is 4.79 Å². The van der Waals surface area contributed by atoms with Crippen LogP contribution in [0.1, 0.15) is 34.5 Å². The summed E-state index contributed by atoms with van der Waals surface area (Å²) >= 11 is 12.3. The molecule has 1 fully saturated rings. The zero-order chi connectivity index (χ0) is 21.0. The number of carbonyl (C=O) groups excluding carboxylic acids is 1. The smallest absolute Gasteiger partial charge is 0.274 e. The molecule has 7 nitrogen and oxygen atoms in total. The number of nitrogens with two attached hydrogens (primary N) is 2. The van der Waals surface area contributed by atoms with Crippen LogP contribution in [0.4, 0.5) is 0 Å². The topological polar surface area (TPSA) is 93.4 Å². The van der Waals surface area contributed by atoms with Gasteiger partial charge in [-0.2, -0.15) is 5.10 Å². The van der Waals surface area contributed by atoms with Gasteiger partial charge in [0.05, 0.1) is 0 Å². The van der Waals surface area contributed by atoms with Gasteiger partial charge in [0.15, 0.2) is 5.69 Å². The van der Waals surface area contributed by atoms with Gasteiger partial charge in [-0.15, -0.1) is 0 Å². The number of hydrogen-bond donors (Lipinski definition) is 2. The van der Waals surface area contributed by atoms with E-state index < -0.39 is 0 Å². The van der Waals surface area contributed by atoms with Crippen LogP contribution in [0.2, 0.25) is 10.0 Å². The minimum absolute atomic E-state index is 0.117. The molecule has 29 heavy (non-hydrogen) atoms. The third-order valence-corrected chi connectivity index (χ3v) is 5.46. The van der Waals surface area contributed by atoms with Crippen molar-refractivity contribution in [3.8, 4) is 0 Å². The van der Waals surface area contributed by atoms with E-state index in [4.69, 9.17) is 34.7 Å². The second kappa shape index (κ2) is 9.91. The van der Waals surface area contributed by atoms with Gasteiger partial charge in [0.2, 0.25) is 0 Å². The average Bonchev–Trinajstić information content (AvgIpc) is 3.22. The Morgan fingerprint density at radius 2 is 2.03 bits per heavy atom. The fraction of sp³-hybridized carbons (Fsp3) is 0.500. The normalized spacial score (nSPS) is 17.1. The predicted molar refractivity (Wildman–Crippen MR) is 116 cm³/mol. The molecule has 2 aromatic rings. The average molecular weight is 439 g/mol. The summed E-state index contributed by atoms with van der Waals surface area (Å²) in [6, 6.07) is 5.51. The van der Waals surface area contributed by atoms with Gasteiger partial charge in [-0.1, -0.05) is 23.2 Å². The quantitative estimate of drug-likeness (QED) is 0.658. The first kappa shape index (κ1) is 22.1. The van der Waals surface area contributed by atoms with Crippen LogP contribution in [0.3, 0.4) is 0 Å². The molecule has 0 aliphatic carbocycles. The fourth-order valence-electron chi connectivity index (χ4n) is 3.69. The molecular weight excluding hydrogens is 411 g/mol. The summed E-state index contributed by atoms with van der Waals surface area (Å²) in [5.41, 5.74) is 14.0. The Labute approximate surface area is 181 Å². The van der Waals surface area contributed by atoms with Gasteiger partial charge in [-0.25, -0.2) is 0 Å². The van der Waals surface area contributed by atoms with Crippen molar-refractivity contribution in [3.05, 3.63) is 51.3 Å². The molecule has 158 valence electrons. The van der Waals surface area contributed by atoms with Crippen LogP contribution in [-0.4, -0.2) is 57.7 Å². The lowest BCUT2D eigenvalue weighted by molar-refractivity contribution is 0.0733. The summed E-state index contributed by atoms with van der Waals surface area (Å²) in [5, 5.41) is 5.55. The van der Waals surface area contributed by atoms with Crippen molar-refractivity contribution in [1.29, 1.82) is 0 Å². The maximum absolute atomic E-state index is 13.4. The largest absolute Gasteiger partial charge is 0.333 e. The van der Waals surface area contributed by atoms with Crippen LogP contribution in [0.5, 0.6) is 0 Å². The number of likely N-dealkylation sites (tertiary alicyclic amines) is 1. The molecule has 1 amide bonds. The summed E-state index contributed by atoms with van der Waals surface area (Å²) in [5.74, 6) is -0.117. The molecule has 1 aromatic heterocycles. The maximum Gasteiger partial charge on any atom is 0.274 e. The highest BCUT2D eigenvalue weighted by Crippen LogP contribution is 2.22. The minimum atomic E-state index is -0.117. The first-order chi connectivity index (χ1) is 13.9. The Morgan fingerprint density at radius 1 is 1.31 bits per heavy atom. The number of amides is 1. The van der Waals surface area contributed by atoms with Crippen LogP contribution in [0.25, 0.3) is 0 Å². The van der Waals surface area contributed by atoms with Gasteiger partial charge >= 0.3 is 0 Å². The van der Waals surface area contributed by atoms with Crippen molar-refractivity contribution in [2.45, 2.75) is 32.0 Å². The molecule has 1 aliphatic rings.